The number of anilines is 1. The van der Waals surface area contributed by atoms with Crippen LogP contribution in [0.1, 0.15) is 95.3 Å². The molecule has 1 heterocycles. The second-order valence-electron chi connectivity index (χ2n) is 13.6. The van der Waals surface area contributed by atoms with E-state index in [0.29, 0.717) is 43.1 Å². The molecule has 260 valence electrons. The van der Waals surface area contributed by atoms with Crippen LogP contribution in [0.4, 0.5) is 10.5 Å². The van der Waals surface area contributed by atoms with Crippen LogP contribution < -0.4 is 15.4 Å². The highest BCUT2D eigenvalue weighted by Crippen LogP contribution is 2.29. The van der Waals surface area contributed by atoms with Crippen LogP contribution in [0.5, 0.6) is 5.75 Å². The molecule has 4 atom stereocenters. The predicted octanol–water partition coefficient (Wildman–Crippen LogP) is 4.74. The lowest BCUT2D eigenvalue weighted by Crippen LogP contribution is -2.50. The van der Waals surface area contributed by atoms with Crippen LogP contribution in [0.15, 0.2) is 18.2 Å². The van der Waals surface area contributed by atoms with Crippen molar-refractivity contribution in [3.63, 3.8) is 0 Å². The number of nitrogens with one attached hydrogen (secondary N) is 2. The molecule has 1 saturated carbocycles. The third-order valence-electron chi connectivity index (χ3n) is 9.08. The van der Waals surface area contributed by atoms with Crippen LogP contribution in [0.25, 0.3) is 0 Å². The highest BCUT2D eigenvalue weighted by Gasteiger charge is 2.31. The summed E-state index contributed by atoms with van der Waals surface area (Å²) < 4.78 is 12.7. The number of likely N-dealkylation sites (N-methyl/N-ethyl adjacent to an activating group) is 1. The number of benzene rings is 1. The first-order chi connectivity index (χ1) is 22.0. The summed E-state index contributed by atoms with van der Waals surface area (Å²) in [4.78, 5) is 45.5. The van der Waals surface area contributed by atoms with Gasteiger partial charge in [-0.25, -0.2) is 4.79 Å². The number of fused-ring (bicyclic) bond motifs is 1. The summed E-state index contributed by atoms with van der Waals surface area (Å²) in [5.74, 6) is -0.0997. The van der Waals surface area contributed by atoms with Crippen LogP contribution in [0, 0.1) is 5.92 Å². The number of carbonyl (C=O) groups is 3. The van der Waals surface area contributed by atoms with Gasteiger partial charge in [0.05, 0.1) is 30.4 Å². The lowest BCUT2D eigenvalue weighted by atomic mass is 9.96. The fourth-order valence-electron chi connectivity index (χ4n) is 6.13. The van der Waals surface area contributed by atoms with Gasteiger partial charge in [-0.3, -0.25) is 9.59 Å². The van der Waals surface area contributed by atoms with Crippen molar-refractivity contribution in [2.75, 3.05) is 59.3 Å². The van der Waals surface area contributed by atoms with Crippen molar-refractivity contribution in [1.82, 2.24) is 20.0 Å². The van der Waals surface area contributed by atoms with Gasteiger partial charge in [-0.05, 0) is 91.2 Å². The van der Waals surface area contributed by atoms with E-state index in [1.54, 1.807) is 35.0 Å². The van der Waals surface area contributed by atoms with Crippen molar-refractivity contribution in [2.24, 2.45) is 5.92 Å². The summed E-state index contributed by atoms with van der Waals surface area (Å²) in [7, 11) is 5.74. The van der Waals surface area contributed by atoms with E-state index in [2.05, 4.69) is 10.6 Å². The SMILES string of the molecule is C[C@@H]1CCCCO[C@@H](CN(C)C(=O)NC2CCCCC2)[C@@H](C)CN([C@H](C)CO)C(=O)c2cc(NC(=O)CCCN(C)C)ccc2O1. The zero-order chi connectivity index (χ0) is 33.6. The molecule has 1 aliphatic carbocycles. The van der Waals surface area contributed by atoms with Gasteiger partial charge in [0, 0.05) is 50.8 Å². The molecule has 11 heteroatoms. The van der Waals surface area contributed by atoms with Crippen LogP contribution in [0.3, 0.4) is 0 Å². The fourth-order valence-corrected chi connectivity index (χ4v) is 6.13. The number of ether oxygens (including phenoxy) is 2. The third kappa shape index (κ3) is 12.0. The molecular weight excluding hydrogens is 586 g/mol. The minimum atomic E-state index is -0.481. The number of carbonyl (C=O) groups excluding carboxylic acids is 3. The Hall–Kier alpha value is -2.89. The summed E-state index contributed by atoms with van der Waals surface area (Å²) in [5.41, 5.74) is 0.861. The Kier molecular flexibility index (Phi) is 15.6. The smallest absolute Gasteiger partial charge is 0.317 e. The summed E-state index contributed by atoms with van der Waals surface area (Å²) in [5, 5.41) is 16.3. The molecule has 0 radical (unpaired) electrons. The van der Waals surface area contributed by atoms with Crippen molar-refractivity contribution < 1.29 is 29.0 Å². The molecule has 2 aliphatic rings. The molecule has 1 aromatic carbocycles. The summed E-state index contributed by atoms with van der Waals surface area (Å²) in [6.07, 6.45) is 8.68. The molecule has 1 fully saturated rings. The van der Waals surface area contributed by atoms with Gasteiger partial charge in [-0.15, -0.1) is 0 Å². The van der Waals surface area contributed by atoms with E-state index in [9.17, 15) is 19.5 Å². The van der Waals surface area contributed by atoms with Crippen molar-refractivity contribution >= 4 is 23.5 Å². The first kappa shape index (κ1) is 37.6. The normalized spacial score (nSPS) is 22.7. The second-order valence-corrected chi connectivity index (χ2v) is 13.6. The average molecular weight is 646 g/mol. The molecule has 3 rings (SSSR count). The van der Waals surface area contributed by atoms with Gasteiger partial charge < -0.3 is 39.9 Å². The van der Waals surface area contributed by atoms with Gasteiger partial charge in [-0.1, -0.05) is 26.2 Å². The highest BCUT2D eigenvalue weighted by atomic mass is 16.5. The van der Waals surface area contributed by atoms with E-state index >= 15 is 0 Å². The minimum absolute atomic E-state index is 0.102. The molecule has 0 bridgehead atoms. The molecule has 1 aliphatic heterocycles. The third-order valence-corrected chi connectivity index (χ3v) is 9.08. The van der Waals surface area contributed by atoms with Crippen LogP contribution in [0.2, 0.25) is 0 Å². The Morgan fingerprint density at radius 3 is 2.48 bits per heavy atom. The number of amides is 4. The van der Waals surface area contributed by atoms with E-state index in [0.717, 1.165) is 57.9 Å². The topological polar surface area (TPSA) is 124 Å². The number of hydrogen-bond donors (Lipinski definition) is 3. The second kappa shape index (κ2) is 19.1. The zero-order valence-electron chi connectivity index (χ0n) is 29.1. The Morgan fingerprint density at radius 1 is 1.07 bits per heavy atom. The van der Waals surface area contributed by atoms with Gasteiger partial charge >= 0.3 is 6.03 Å². The molecule has 0 unspecified atom stereocenters. The summed E-state index contributed by atoms with van der Waals surface area (Å²) >= 11 is 0. The first-order valence-electron chi connectivity index (χ1n) is 17.3. The van der Waals surface area contributed by atoms with Crippen LogP contribution in [-0.4, -0.2) is 116 Å². The Labute approximate surface area is 276 Å². The van der Waals surface area contributed by atoms with E-state index in [1.807, 2.05) is 39.8 Å². The van der Waals surface area contributed by atoms with Crippen molar-refractivity contribution in [2.45, 2.75) is 109 Å². The van der Waals surface area contributed by atoms with Crippen molar-refractivity contribution in [3.05, 3.63) is 23.8 Å². The van der Waals surface area contributed by atoms with Gasteiger partial charge in [0.1, 0.15) is 5.75 Å². The van der Waals surface area contributed by atoms with Crippen molar-refractivity contribution in [1.29, 1.82) is 0 Å². The maximum Gasteiger partial charge on any atom is 0.317 e. The fraction of sp³-hybridized carbons (Fsp3) is 0.743. The van der Waals surface area contributed by atoms with E-state index in [-0.39, 0.29) is 48.6 Å². The van der Waals surface area contributed by atoms with Gasteiger partial charge in [-0.2, -0.15) is 0 Å². The molecule has 46 heavy (non-hydrogen) atoms. The van der Waals surface area contributed by atoms with E-state index < -0.39 is 6.04 Å². The largest absolute Gasteiger partial charge is 0.490 e. The molecular formula is C35H59N5O6. The Morgan fingerprint density at radius 2 is 1.78 bits per heavy atom. The van der Waals surface area contributed by atoms with E-state index in [1.165, 1.54) is 6.42 Å². The van der Waals surface area contributed by atoms with Crippen molar-refractivity contribution in [3.8, 4) is 5.75 Å². The number of nitrogens with zero attached hydrogens (tertiary/aromatic N) is 3. The number of aliphatic hydroxyl groups is 1. The molecule has 4 amide bonds. The molecule has 3 N–H and O–H groups in total. The van der Waals surface area contributed by atoms with Crippen LogP contribution >= 0.6 is 0 Å². The van der Waals surface area contributed by atoms with Gasteiger partial charge in [0.25, 0.3) is 5.91 Å². The Balaban J connectivity index is 1.84. The number of rotatable bonds is 10. The predicted molar refractivity (Wildman–Crippen MR) is 181 cm³/mol. The molecule has 0 aromatic heterocycles. The average Bonchev–Trinajstić information content (AvgIpc) is 3.02. The summed E-state index contributed by atoms with van der Waals surface area (Å²) in [6.45, 7) is 7.64. The lowest BCUT2D eigenvalue weighted by molar-refractivity contribution is -0.116. The maximum absolute atomic E-state index is 14.3. The van der Waals surface area contributed by atoms with E-state index in [4.69, 9.17) is 9.47 Å². The highest BCUT2D eigenvalue weighted by molar-refractivity contribution is 5.99. The lowest BCUT2D eigenvalue weighted by Gasteiger charge is -2.36. The van der Waals surface area contributed by atoms with Gasteiger partial charge in [0.15, 0.2) is 0 Å². The maximum atomic E-state index is 14.3. The Bertz CT molecular complexity index is 1110. The standard InChI is InChI=1S/C35H59N5O6/c1-25-22-40(26(2)24-41)34(43)30-21-29(36-33(42)16-12-19-38(4)5)17-18-31(30)46-27(3)13-10-11-20-45-32(25)23-39(6)35(44)37-28-14-8-7-9-15-28/h17-18,21,25-28,32,41H,7-16,19-20,22-24H2,1-6H3,(H,36,42)(H,37,44)/t25-,26+,27+,32-/m0/s1. The molecule has 1 aromatic rings. The summed E-state index contributed by atoms with van der Waals surface area (Å²) in [6, 6.07) is 4.83. The molecule has 11 nitrogen and oxygen atoms in total. The van der Waals surface area contributed by atoms with Crippen LogP contribution in [-0.2, 0) is 9.53 Å². The number of aliphatic hydroxyl groups excluding tert-OH is 1. The quantitative estimate of drug-likeness (QED) is 0.336. The number of urea groups is 1. The molecule has 0 saturated heterocycles. The molecule has 0 spiro atoms. The zero-order valence-corrected chi connectivity index (χ0v) is 29.1. The minimum Gasteiger partial charge on any atom is -0.490 e. The first-order valence-corrected chi connectivity index (χ1v) is 17.3. The monoisotopic (exact) mass is 645 g/mol. The van der Waals surface area contributed by atoms with Gasteiger partial charge in [0.2, 0.25) is 5.91 Å². The number of hydrogen-bond acceptors (Lipinski definition) is 7.